The molecule has 0 saturated heterocycles. The van der Waals surface area contributed by atoms with Gasteiger partial charge in [-0.15, -0.1) is 0 Å². The topological polar surface area (TPSA) is 18.1 Å². The van der Waals surface area contributed by atoms with E-state index in [0.717, 1.165) is 53.4 Å². The van der Waals surface area contributed by atoms with Gasteiger partial charge in [0.2, 0.25) is 0 Å². The Kier molecular flexibility index (Phi) is 6.91. The summed E-state index contributed by atoms with van der Waals surface area (Å²) in [5.41, 5.74) is 17.2. The fraction of sp³-hybridized carbons (Fsp3) is 0.0741. The molecule has 56 heavy (non-hydrogen) atoms. The molecule has 2 nitrogen and oxygen atoms in total. The van der Waals surface area contributed by atoms with Gasteiger partial charge in [-0.25, -0.2) is 0 Å². The average Bonchev–Trinajstić information content (AvgIpc) is 3.82. The van der Waals surface area contributed by atoms with Crippen LogP contribution in [0.2, 0.25) is 0 Å². The van der Waals surface area contributed by atoms with Crippen molar-refractivity contribution >= 4 is 66.5 Å². The van der Waals surface area contributed by atoms with Crippen molar-refractivity contribution in [2.24, 2.45) is 0 Å². The molecule has 2 heterocycles. The van der Waals surface area contributed by atoms with Crippen LogP contribution in [0.25, 0.3) is 106 Å². The first-order chi connectivity index (χ1) is 27.8. The highest BCUT2D eigenvalue weighted by Crippen LogP contribution is 2.50. The minimum absolute atomic E-state index is 0.911. The van der Waals surface area contributed by atoms with Gasteiger partial charge in [-0.2, -0.15) is 0 Å². The van der Waals surface area contributed by atoms with Crippen LogP contribution in [-0.4, -0.2) is 4.57 Å². The van der Waals surface area contributed by atoms with Crippen LogP contribution in [0.5, 0.6) is 0 Å². The van der Waals surface area contributed by atoms with Crippen molar-refractivity contribution in [2.45, 2.75) is 25.7 Å². The van der Waals surface area contributed by atoms with Crippen molar-refractivity contribution in [3.8, 4) is 39.1 Å². The molecule has 0 spiro atoms. The number of hydrogen-bond acceptors (Lipinski definition) is 1. The highest BCUT2D eigenvalue weighted by molar-refractivity contribution is 6.22. The first-order valence-corrected chi connectivity index (χ1v) is 19.9. The van der Waals surface area contributed by atoms with Gasteiger partial charge in [-0.1, -0.05) is 140 Å². The molecular formula is C54H37NO. The third kappa shape index (κ3) is 4.56. The van der Waals surface area contributed by atoms with Crippen molar-refractivity contribution in [1.82, 2.24) is 4.57 Å². The predicted molar refractivity (Wildman–Crippen MR) is 237 cm³/mol. The van der Waals surface area contributed by atoms with Gasteiger partial charge in [-0.05, 0) is 123 Å². The Balaban J connectivity index is 1.14. The maximum atomic E-state index is 6.96. The van der Waals surface area contributed by atoms with Crippen LogP contribution in [0.3, 0.4) is 0 Å². The lowest BCUT2D eigenvalue weighted by atomic mass is 9.78. The standard InChI is InChI=1S/C54H37NO/c1-2-17-36(18-3-1)55-48-27-12-10-20-39(48)47-33-35(29-32-49(47)55)38-30-31-46(53-45-25-11-13-28-50(45)56-54(38)53)52-43-23-8-6-21-41(43)51(42-22-7-9-24-44(42)52)40-26-14-16-34-15-4-5-19-37(34)40/h1-6,8-11,13-21,23-26,28-33H,7,12,22,27H2. The largest absolute Gasteiger partial charge is 0.455 e. The molecule has 0 bridgehead atoms. The molecular weight excluding hydrogens is 679 g/mol. The second-order valence-corrected chi connectivity index (χ2v) is 15.3. The van der Waals surface area contributed by atoms with E-state index in [-0.39, 0.29) is 0 Å². The van der Waals surface area contributed by atoms with Crippen LogP contribution in [0.15, 0.2) is 168 Å². The van der Waals surface area contributed by atoms with Gasteiger partial charge in [0.15, 0.2) is 0 Å². The zero-order chi connectivity index (χ0) is 36.7. The molecule has 10 aromatic rings. The van der Waals surface area contributed by atoms with E-state index < -0.39 is 0 Å². The summed E-state index contributed by atoms with van der Waals surface area (Å²) >= 11 is 0. The number of fused-ring (bicyclic) bond motifs is 9. The van der Waals surface area contributed by atoms with E-state index in [1.54, 1.807) is 0 Å². The molecule has 0 unspecified atom stereocenters. The number of nitrogens with zero attached hydrogens (tertiary/aromatic N) is 1. The van der Waals surface area contributed by atoms with Gasteiger partial charge >= 0.3 is 0 Å². The summed E-state index contributed by atoms with van der Waals surface area (Å²) in [7, 11) is 0. The molecule has 0 saturated carbocycles. The van der Waals surface area contributed by atoms with Gasteiger partial charge < -0.3 is 8.98 Å². The molecule has 2 heteroatoms. The lowest BCUT2D eigenvalue weighted by Gasteiger charge is -2.25. The van der Waals surface area contributed by atoms with Crippen molar-refractivity contribution in [3.05, 3.63) is 186 Å². The van der Waals surface area contributed by atoms with Crippen molar-refractivity contribution in [2.75, 3.05) is 0 Å². The molecule has 12 rings (SSSR count). The zero-order valence-corrected chi connectivity index (χ0v) is 30.9. The van der Waals surface area contributed by atoms with Crippen molar-refractivity contribution in [3.63, 3.8) is 0 Å². The maximum Gasteiger partial charge on any atom is 0.143 e. The van der Waals surface area contributed by atoms with Crippen LogP contribution >= 0.6 is 0 Å². The molecule has 0 radical (unpaired) electrons. The lowest BCUT2D eigenvalue weighted by Crippen LogP contribution is -2.03. The summed E-state index contributed by atoms with van der Waals surface area (Å²) in [5, 5.41) is 8.72. The van der Waals surface area contributed by atoms with Crippen LogP contribution in [0.1, 0.15) is 35.2 Å². The smallest absolute Gasteiger partial charge is 0.143 e. The molecule has 264 valence electrons. The molecule has 0 N–H and O–H groups in total. The number of rotatable bonds is 4. The molecule has 0 aliphatic heterocycles. The Hall–Kier alpha value is -6.90. The second-order valence-electron chi connectivity index (χ2n) is 15.3. The average molecular weight is 716 g/mol. The molecule has 0 amide bonds. The summed E-state index contributed by atoms with van der Waals surface area (Å²) in [5.74, 6) is 0. The molecule has 2 aromatic heterocycles. The Bertz CT molecular complexity index is 3290. The summed E-state index contributed by atoms with van der Waals surface area (Å²) in [6, 6.07) is 55.7. The van der Waals surface area contributed by atoms with E-state index in [9.17, 15) is 0 Å². The van der Waals surface area contributed by atoms with Gasteiger partial charge in [0.1, 0.15) is 11.2 Å². The number of hydrogen-bond donors (Lipinski definition) is 0. The fourth-order valence-electron chi connectivity index (χ4n) is 9.95. The number of furan rings is 1. The molecule has 0 fully saturated rings. The predicted octanol–water partition coefficient (Wildman–Crippen LogP) is 14.8. The number of benzene rings is 8. The number of allylic oxidation sites excluding steroid dienone is 2. The normalized spacial score (nSPS) is 13.6. The second kappa shape index (κ2) is 12.3. The molecule has 2 aliphatic carbocycles. The first kappa shape index (κ1) is 31.5. The highest BCUT2D eigenvalue weighted by atomic mass is 16.3. The van der Waals surface area contributed by atoms with Crippen LogP contribution in [0, 0.1) is 0 Å². The summed E-state index contributed by atoms with van der Waals surface area (Å²) in [6.45, 7) is 0. The van der Waals surface area contributed by atoms with E-state index in [1.165, 1.54) is 88.2 Å². The Morgan fingerprint density at radius 1 is 0.482 bits per heavy atom. The summed E-state index contributed by atoms with van der Waals surface area (Å²) in [4.78, 5) is 0. The minimum Gasteiger partial charge on any atom is -0.455 e. The van der Waals surface area contributed by atoms with E-state index in [1.807, 2.05) is 0 Å². The Morgan fingerprint density at radius 3 is 2.05 bits per heavy atom. The maximum absolute atomic E-state index is 6.96. The molecule has 0 atom stereocenters. The number of aromatic nitrogens is 1. The van der Waals surface area contributed by atoms with Crippen molar-refractivity contribution < 1.29 is 4.42 Å². The van der Waals surface area contributed by atoms with Gasteiger partial charge in [0.05, 0.1) is 5.52 Å². The van der Waals surface area contributed by atoms with E-state index in [4.69, 9.17) is 4.42 Å². The summed E-state index contributed by atoms with van der Waals surface area (Å²) < 4.78 is 9.42. The van der Waals surface area contributed by atoms with Crippen LogP contribution in [-0.2, 0) is 12.8 Å². The Morgan fingerprint density at radius 2 is 1.18 bits per heavy atom. The van der Waals surface area contributed by atoms with Gasteiger partial charge in [-0.3, -0.25) is 0 Å². The minimum atomic E-state index is 0.911. The lowest BCUT2D eigenvalue weighted by molar-refractivity contribution is 0.670. The monoisotopic (exact) mass is 715 g/mol. The first-order valence-electron chi connectivity index (χ1n) is 19.9. The molecule has 8 aromatic carbocycles. The quantitative estimate of drug-likeness (QED) is 0.177. The van der Waals surface area contributed by atoms with Crippen molar-refractivity contribution in [1.29, 1.82) is 0 Å². The Labute approximate surface area is 325 Å². The third-order valence-corrected chi connectivity index (χ3v) is 12.3. The summed E-state index contributed by atoms with van der Waals surface area (Å²) in [6.07, 6.45) is 13.5. The highest BCUT2D eigenvalue weighted by Gasteiger charge is 2.26. The van der Waals surface area contributed by atoms with Crippen LogP contribution < -0.4 is 0 Å². The number of para-hydroxylation sites is 2. The van der Waals surface area contributed by atoms with E-state index in [2.05, 4.69) is 181 Å². The van der Waals surface area contributed by atoms with Gasteiger partial charge in [0, 0.05) is 38.7 Å². The van der Waals surface area contributed by atoms with Gasteiger partial charge in [0.25, 0.3) is 0 Å². The fourth-order valence-corrected chi connectivity index (χ4v) is 9.95. The zero-order valence-electron chi connectivity index (χ0n) is 30.9. The van der Waals surface area contributed by atoms with E-state index >= 15 is 0 Å². The van der Waals surface area contributed by atoms with Crippen LogP contribution in [0.4, 0.5) is 0 Å². The third-order valence-electron chi connectivity index (χ3n) is 12.3. The van der Waals surface area contributed by atoms with E-state index in [0.29, 0.717) is 0 Å². The SMILES string of the molecule is C1=Cc2c(c(-c3cccc4ccccc34)c3ccccc3c2-c2ccc(-c3ccc4c(c3)c3c(n4-c4ccccc4)CCC=C3)c3oc4ccccc4c23)CC1. The molecule has 2 aliphatic rings.